The summed E-state index contributed by atoms with van der Waals surface area (Å²) >= 11 is 1.38. The molecule has 3 rings (SSSR count). The second-order valence-electron chi connectivity index (χ2n) is 5.42. The van der Waals surface area contributed by atoms with Gasteiger partial charge in [0.1, 0.15) is 4.88 Å². The summed E-state index contributed by atoms with van der Waals surface area (Å²) in [7, 11) is 0. The number of carbonyl (C=O) groups excluding carboxylic acids is 1. The van der Waals surface area contributed by atoms with Gasteiger partial charge in [-0.2, -0.15) is 0 Å². The number of hydrogen-bond donors (Lipinski definition) is 2. The van der Waals surface area contributed by atoms with Crippen LogP contribution in [0.25, 0.3) is 0 Å². The first kappa shape index (κ1) is 13.6. The van der Waals surface area contributed by atoms with Crippen LogP contribution in [0.15, 0.2) is 18.9 Å². The molecule has 6 heteroatoms. The minimum Gasteiger partial charge on any atom is -0.393 e. The number of amides is 1. The lowest BCUT2D eigenvalue weighted by atomic mass is 10.00. The molecule has 2 saturated heterocycles. The lowest BCUT2D eigenvalue weighted by Crippen LogP contribution is -2.47. The number of aliphatic hydroxyl groups excluding tert-OH is 1. The van der Waals surface area contributed by atoms with Crippen molar-refractivity contribution in [3.8, 4) is 0 Å². The summed E-state index contributed by atoms with van der Waals surface area (Å²) in [4.78, 5) is 19.5. The van der Waals surface area contributed by atoms with Crippen LogP contribution in [0.4, 0.5) is 5.13 Å². The maximum atomic E-state index is 12.6. The van der Waals surface area contributed by atoms with Crippen molar-refractivity contribution in [1.29, 1.82) is 0 Å². The third kappa shape index (κ3) is 2.45. The van der Waals surface area contributed by atoms with Crippen molar-refractivity contribution < 1.29 is 9.90 Å². The second-order valence-corrected chi connectivity index (χ2v) is 6.45. The van der Waals surface area contributed by atoms with Gasteiger partial charge in [0.25, 0.3) is 5.91 Å². The fourth-order valence-electron chi connectivity index (χ4n) is 3.22. The Balaban J connectivity index is 1.73. The Morgan fingerprint density at radius 3 is 2.90 bits per heavy atom. The maximum Gasteiger partial charge on any atom is 0.266 e. The molecule has 2 aliphatic rings. The number of fused-ring (bicyclic) bond motifs is 2. The Morgan fingerprint density at radius 2 is 2.25 bits per heavy atom. The molecule has 0 aromatic carbocycles. The first-order valence-corrected chi connectivity index (χ1v) is 7.82. The Labute approximate surface area is 122 Å². The van der Waals surface area contributed by atoms with E-state index in [2.05, 4.69) is 16.9 Å². The van der Waals surface area contributed by atoms with Gasteiger partial charge in [0, 0.05) is 18.6 Å². The average molecular weight is 293 g/mol. The predicted molar refractivity (Wildman–Crippen MR) is 79.0 cm³/mol. The van der Waals surface area contributed by atoms with Crippen molar-refractivity contribution in [3.05, 3.63) is 23.7 Å². The van der Waals surface area contributed by atoms with Crippen LogP contribution in [0, 0.1) is 0 Å². The van der Waals surface area contributed by atoms with Gasteiger partial charge < -0.3 is 15.3 Å². The van der Waals surface area contributed by atoms with Gasteiger partial charge in [-0.25, -0.2) is 4.98 Å². The van der Waals surface area contributed by atoms with E-state index in [4.69, 9.17) is 0 Å². The van der Waals surface area contributed by atoms with Crippen molar-refractivity contribution in [2.75, 3.05) is 11.9 Å². The van der Waals surface area contributed by atoms with Crippen molar-refractivity contribution in [3.63, 3.8) is 0 Å². The minimum absolute atomic E-state index is 0.0635. The van der Waals surface area contributed by atoms with E-state index in [1.165, 1.54) is 11.3 Å². The van der Waals surface area contributed by atoms with E-state index in [1.54, 1.807) is 12.3 Å². The monoisotopic (exact) mass is 293 g/mol. The van der Waals surface area contributed by atoms with Gasteiger partial charge in [-0.3, -0.25) is 4.79 Å². The quantitative estimate of drug-likeness (QED) is 0.832. The summed E-state index contributed by atoms with van der Waals surface area (Å²) in [6, 6.07) is 0.394. The highest BCUT2D eigenvalue weighted by atomic mass is 32.1. The number of nitrogens with zero attached hydrogens (tertiary/aromatic N) is 2. The van der Waals surface area contributed by atoms with E-state index in [0.717, 1.165) is 18.0 Å². The molecule has 20 heavy (non-hydrogen) atoms. The van der Waals surface area contributed by atoms with Crippen molar-refractivity contribution in [2.24, 2.45) is 0 Å². The van der Waals surface area contributed by atoms with Crippen molar-refractivity contribution in [1.82, 2.24) is 9.88 Å². The lowest BCUT2D eigenvalue weighted by molar-refractivity contribution is 0.0290. The Hall–Kier alpha value is -1.40. The summed E-state index contributed by atoms with van der Waals surface area (Å²) in [5.41, 5.74) is 0. The van der Waals surface area contributed by atoms with Crippen LogP contribution < -0.4 is 5.32 Å². The highest BCUT2D eigenvalue weighted by Crippen LogP contribution is 2.37. The number of hydrogen-bond acceptors (Lipinski definition) is 5. The molecule has 2 bridgehead atoms. The Kier molecular flexibility index (Phi) is 3.76. The van der Waals surface area contributed by atoms with E-state index in [0.29, 0.717) is 24.3 Å². The van der Waals surface area contributed by atoms with Crippen LogP contribution in [0.5, 0.6) is 0 Å². The normalized spacial score (nSPS) is 28.4. The van der Waals surface area contributed by atoms with E-state index in [9.17, 15) is 9.90 Å². The molecule has 3 heterocycles. The van der Waals surface area contributed by atoms with Gasteiger partial charge in [-0.1, -0.05) is 17.4 Å². The van der Waals surface area contributed by atoms with Crippen LogP contribution >= 0.6 is 11.3 Å². The fourth-order valence-corrected chi connectivity index (χ4v) is 3.99. The standard InChI is InChI=1S/C14H19N3O2S/c1-2-5-15-14-16-8-12(20-14)13(19)17-9-3-4-10(17)7-11(18)6-9/h2,8-11,18H,1,3-7H2,(H,15,16). The molecule has 1 amide bonds. The first-order chi connectivity index (χ1) is 9.69. The van der Waals surface area contributed by atoms with Crippen molar-refractivity contribution >= 4 is 22.4 Å². The smallest absolute Gasteiger partial charge is 0.266 e. The molecule has 1 aromatic heterocycles. The van der Waals surface area contributed by atoms with E-state index < -0.39 is 0 Å². The van der Waals surface area contributed by atoms with Gasteiger partial charge in [-0.05, 0) is 25.7 Å². The molecule has 108 valence electrons. The molecule has 2 atom stereocenters. The van der Waals surface area contributed by atoms with E-state index in [1.807, 2.05) is 4.90 Å². The Bertz CT molecular complexity index is 502. The molecule has 2 fully saturated rings. The SMILES string of the molecule is C=CCNc1ncc(C(=O)N2C3CCC2CC(O)C3)s1. The number of rotatable bonds is 4. The molecule has 0 spiro atoms. The lowest BCUT2D eigenvalue weighted by Gasteiger charge is -2.36. The van der Waals surface area contributed by atoms with E-state index >= 15 is 0 Å². The molecular weight excluding hydrogens is 274 g/mol. The third-order valence-electron chi connectivity index (χ3n) is 4.06. The molecule has 0 aliphatic carbocycles. The van der Waals surface area contributed by atoms with Gasteiger partial charge in [0.2, 0.25) is 0 Å². The topological polar surface area (TPSA) is 65.5 Å². The summed E-state index contributed by atoms with van der Waals surface area (Å²) < 4.78 is 0. The highest BCUT2D eigenvalue weighted by Gasteiger charge is 2.43. The van der Waals surface area contributed by atoms with Gasteiger partial charge >= 0.3 is 0 Å². The summed E-state index contributed by atoms with van der Waals surface area (Å²) in [5.74, 6) is 0.0635. The summed E-state index contributed by atoms with van der Waals surface area (Å²) in [6.07, 6.45) is 6.59. The molecule has 0 radical (unpaired) electrons. The number of thiazole rings is 1. The summed E-state index contributed by atoms with van der Waals surface area (Å²) in [5, 5.41) is 13.6. The average Bonchev–Trinajstić information content (AvgIpc) is 2.99. The van der Waals surface area contributed by atoms with Gasteiger partial charge in [0.15, 0.2) is 5.13 Å². The number of aromatic nitrogens is 1. The first-order valence-electron chi connectivity index (χ1n) is 7.00. The van der Waals surface area contributed by atoms with Gasteiger partial charge in [0.05, 0.1) is 12.3 Å². The molecule has 0 saturated carbocycles. The van der Waals surface area contributed by atoms with Crippen LogP contribution in [-0.2, 0) is 0 Å². The second kappa shape index (κ2) is 5.54. The summed E-state index contributed by atoms with van der Waals surface area (Å²) in [6.45, 7) is 4.28. The van der Waals surface area contributed by atoms with Crippen LogP contribution in [0.3, 0.4) is 0 Å². The van der Waals surface area contributed by atoms with Gasteiger partial charge in [-0.15, -0.1) is 6.58 Å². The number of anilines is 1. The number of nitrogens with one attached hydrogen (secondary N) is 1. The zero-order valence-electron chi connectivity index (χ0n) is 11.3. The Morgan fingerprint density at radius 1 is 1.55 bits per heavy atom. The highest BCUT2D eigenvalue weighted by molar-refractivity contribution is 7.17. The molecule has 2 unspecified atom stereocenters. The van der Waals surface area contributed by atoms with Crippen molar-refractivity contribution in [2.45, 2.75) is 43.9 Å². The third-order valence-corrected chi connectivity index (χ3v) is 5.00. The molecule has 2 aliphatic heterocycles. The van der Waals surface area contributed by atoms with Crippen LogP contribution in [-0.4, -0.2) is 45.6 Å². The number of piperidine rings is 1. The van der Waals surface area contributed by atoms with Crippen LogP contribution in [0.2, 0.25) is 0 Å². The number of aliphatic hydroxyl groups is 1. The number of carbonyl (C=O) groups is 1. The molecule has 5 nitrogen and oxygen atoms in total. The zero-order chi connectivity index (χ0) is 14.1. The molecule has 1 aromatic rings. The minimum atomic E-state index is -0.247. The fraction of sp³-hybridized carbons (Fsp3) is 0.571. The maximum absolute atomic E-state index is 12.6. The largest absolute Gasteiger partial charge is 0.393 e. The van der Waals surface area contributed by atoms with Crippen LogP contribution in [0.1, 0.15) is 35.4 Å². The zero-order valence-corrected chi connectivity index (χ0v) is 12.1. The molecule has 2 N–H and O–H groups in total. The predicted octanol–water partition coefficient (Wildman–Crippen LogP) is 1.87. The molecular formula is C14H19N3O2S. The van der Waals surface area contributed by atoms with E-state index in [-0.39, 0.29) is 24.1 Å².